The van der Waals surface area contributed by atoms with Gasteiger partial charge in [-0.15, -0.1) is 0 Å². The van der Waals surface area contributed by atoms with Crippen molar-refractivity contribution < 1.29 is 0 Å². The van der Waals surface area contributed by atoms with E-state index in [0.29, 0.717) is 0 Å². The van der Waals surface area contributed by atoms with E-state index in [2.05, 4.69) is 127 Å². The molecule has 0 unspecified atom stereocenters. The molecule has 0 amide bonds. The van der Waals surface area contributed by atoms with Crippen LogP contribution >= 0.6 is 0 Å². The van der Waals surface area contributed by atoms with Crippen LogP contribution in [0.25, 0.3) is 11.1 Å². The molecule has 4 aromatic rings. The summed E-state index contributed by atoms with van der Waals surface area (Å²) in [5.74, 6) is 1.05. The molecule has 0 saturated carbocycles. The van der Waals surface area contributed by atoms with E-state index in [0.717, 1.165) is 12.5 Å². The fraction of sp³-hybridized carbons (Fsp3) is 0.148. The first-order valence-electron chi connectivity index (χ1n) is 10.8. The molecule has 154 valence electrons. The largest absolute Gasteiger partial charge is 0.319 e. The van der Waals surface area contributed by atoms with Crippen LogP contribution < -0.4 is 15.1 Å². The van der Waals surface area contributed by atoms with Crippen molar-refractivity contribution in [2.45, 2.75) is 19.6 Å². The van der Waals surface area contributed by atoms with E-state index in [9.17, 15) is 0 Å². The number of hydrogen-bond donors (Lipinski definition) is 0. The highest BCUT2D eigenvalue weighted by molar-refractivity contribution is 6.88. The maximum Gasteiger partial charge on any atom is 0.159 e. The molecule has 0 bridgehead atoms. The predicted octanol–water partition coefficient (Wildman–Crippen LogP) is 6.54. The maximum atomic E-state index is 5.29. The van der Waals surface area contributed by atoms with Crippen molar-refractivity contribution in [3.05, 3.63) is 97.1 Å². The van der Waals surface area contributed by atoms with Crippen molar-refractivity contribution >= 4 is 36.3 Å². The number of aromatic nitrogens is 1. The number of nitrogens with zero attached hydrogens (tertiary/aromatic N) is 3. The highest BCUT2D eigenvalue weighted by Crippen LogP contribution is 2.47. The number of fused-ring (bicyclic) bond motifs is 1. The van der Waals surface area contributed by atoms with Crippen LogP contribution in [0.5, 0.6) is 0 Å². The summed E-state index contributed by atoms with van der Waals surface area (Å²) < 4.78 is 0. The van der Waals surface area contributed by atoms with Crippen molar-refractivity contribution in [3.8, 4) is 11.1 Å². The summed E-state index contributed by atoms with van der Waals surface area (Å²) in [5, 5.41) is 1.24. The Morgan fingerprint density at radius 1 is 0.677 bits per heavy atom. The van der Waals surface area contributed by atoms with Crippen molar-refractivity contribution in [1.29, 1.82) is 0 Å². The van der Waals surface area contributed by atoms with Gasteiger partial charge in [0, 0.05) is 22.3 Å². The average molecular weight is 422 g/mol. The van der Waals surface area contributed by atoms with Gasteiger partial charge in [-0.05, 0) is 35.9 Å². The lowest BCUT2D eigenvalue weighted by molar-refractivity contribution is 0.982. The van der Waals surface area contributed by atoms with Crippen LogP contribution in [0.15, 0.2) is 97.1 Å². The number of pyridine rings is 1. The maximum absolute atomic E-state index is 5.29. The summed E-state index contributed by atoms with van der Waals surface area (Å²) >= 11 is 0. The van der Waals surface area contributed by atoms with Gasteiger partial charge in [0.1, 0.15) is 14.7 Å². The van der Waals surface area contributed by atoms with Gasteiger partial charge in [-0.2, -0.15) is 0 Å². The van der Waals surface area contributed by atoms with Crippen molar-refractivity contribution in [2.75, 3.05) is 16.5 Å². The van der Waals surface area contributed by atoms with Crippen LogP contribution in [0, 0.1) is 0 Å². The zero-order valence-electron chi connectivity index (χ0n) is 18.3. The molecule has 0 saturated heterocycles. The number of hydrogen-bond acceptors (Lipinski definition) is 3. The van der Waals surface area contributed by atoms with Crippen LogP contribution in [0.4, 0.5) is 22.9 Å². The van der Waals surface area contributed by atoms with Gasteiger partial charge >= 0.3 is 0 Å². The summed E-state index contributed by atoms with van der Waals surface area (Å²) in [4.78, 5) is 10.0. The first-order valence-corrected chi connectivity index (χ1v) is 14.3. The Labute approximate surface area is 185 Å². The predicted molar refractivity (Wildman–Crippen MR) is 135 cm³/mol. The Morgan fingerprint density at radius 3 is 1.74 bits per heavy atom. The monoisotopic (exact) mass is 421 g/mol. The Balaban J connectivity index is 1.80. The molecular formula is C27H27N3Si. The lowest BCUT2D eigenvalue weighted by Gasteiger charge is -2.23. The number of rotatable bonds is 4. The SMILES string of the molecule is C[Si](C)(C)c1cc(-c2ccccc2)c2c(n1)N(c1ccccc1)CN2c1ccccc1. The van der Waals surface area contributed by atoms with Gasteiger partial charge < -0.3 is 9.80 Å². The zero-order chi connectivity index (χ0) is 21.4. The number of benzene rings is 3. The Hall–Kier alpha value is -3.37. The molecule has 0 atom stereocenters. The molecule has 1 aliphatic rings. The highest BCUT2D eigenvalue weighted by Gasteiger charge is 2.34. The van der Waals surface area contributed by atoms with Gasteiger partial charge in [0.25, 0.3) is 0 Å². The molecule has 3 nitrogen and oxygen atoms in total. The van der Waals surface area contributed by atoms with E-state index in [-0.39, 0.29) is 0 Å². The summed E-state index contributed by atoms with van der Waals surface area (Å²) in [6.45, 7) is 7.85. The highest BCUT2D eigenvalue weighted by atomic mass is 28.3. The van der Waals surface area contributed by atoms with E-state index < -0.39 is 8.07 Å². The molecule has 31 heavy (non-hydrogen) atoms. The number of para-hydroxylation sites is 2. The van der Waals surface area contributed by atoms with E-state index in [1.807, 2.05) is 0 Å². The molecule has 0 N–H and O–H groups in total. The molecule has 2 heterocycles. The summed E-state index contributed by atoms with van der Waals surface area (Å²) in [6, 6.07) is 34.3. The Bertz CT molecular complexity index is 1190. The van der Waals surface area contributed by atoms with Gasteiger partial charge in [-0.3, -0.25) is 0 Å². The minimum absolute atomic E-state index is 0.741. The lowest BCUT2D eigenvalue weighted by Crippen LogP contribution is -2.40. The molecule has 1 aromatic heterocycles. The minimum Gasteiger partial charge on any atom is -0.319 e. The second-order valence-electron chi connectivity index (χ2n) is 9.01. The van der Waals surface area contributed by atoms with Crippen LogP contribution in [0.2, 0.25) is 19.6 Å². The van der Waals surface area contributed by atoms with Gasteiger partial charge in [0.05, 0.1) is 5.69 Å². The average Bonchev–Trinajstić information content (AvgIpc) is 3.19. The Kier molecular flexibility index (Phi) is 4.87. The second-order valence-corrected chi connectivity index (χ2v) is 14.0. The van der Waals surface area contributed by atoms with Gasteiger partial charge in [-0.25, -0.2) is 4.98 Å². The first-order chi connectivity index (χ1) is 15.0. The van der Waals surface area contributed by atoms with Gasteiger partial charge in [0.15, 0.2) is 5.82 Å². The van der Waals surface area contributed by atoms with Crippen molar-refractivity contribution in [3.63, 3.8) is 0 Å². The molecule has 4 heteroatoms. The number of anilines is 4. The van der Waals surface area contributed by atoms with E-state index in [4.69, 9.17) is 4.98 Å². The fourth-order valence-corrected chi connectivity index (χ4v) is 5.13. The van der Waals surface area contributed by atoms with E-state index >= 15 is 0 Å². The summed E-state index contributed by atoms with van der Waals surface area (Å²) in [7, 11) is -1.63. The van der Waals surface area contributed by atoms with Crippen molar-refractivity contribution in [2.24, 2.45) is 0 Å². The standard InChI is InChI=1S/C27H27N3Si/c1-31(2,3)25-19-24(21-13-7-4-8-14-21)26-27(28-25)30(23-17-11-6-12-18-23)20-29(26)22-15-9-5-10-16-22/h4-19H,20H2,1-3H3. The molecule has 3 aromatic carbocycles. The molecule has 0 fully saturated rings. The lowest BCUT2D eigenvalue weighted by atomic mass is 10.0. The van der Waals surface area contributed by atoms with Crippen LogP contribution in [-0.4, -0.2) is 19.7 Å². The van der Waals surface area contributed by atoms with Gasteiger partial charge in [-0.1, -0.05) is 86.4 Å². The summed E-state index contributed by atoms with van der Waals surface area (Å²) in [5.41, 5.74) is 6.02. The van der Waals surface area contributed by atoms with E-state index in [1.54, 1.807) is 0 Å². The normalized spacial score (nSPS) is 13.4. The molecule has 0 radical (unpaired) electrons. The van der Waals surface area contributed by atoms with Gasteiger partial charge in [0.2, 0.25) is 0 Å². The quantitative estimate of drug-likeness (QED) is 0.349. The van der Waals surface area contributed by atoms with Crippen molar-refractivity contribution in [1.82, 2.24) is 4.98 Å². The van der Waals surface area contributed by atoms with E-state index in [1.165, 1.54) is 33.5 Å². The molecular weight excluding hydrogens is 394 g/mol. The molecule has 0 aliphatic carbocycles. The summed E-state index contributed by atoms with van der Waals surface area (Å²) in [6.07, 6.45) is 0. The van der Waals surface area contributed by atoms with Crippen LogP contribution in [0.3, 0.4) is 0 Å². The third-order valence-corrected chi connectivity index (χ3v) is 7.56. The molecule has 1 aliphatic heterocycles. The molecule has 5 rings (SSSR count). The fourth-order valence-electron chi connectivity index (χ4n) is 4.11. The third-order valence-electron chi connectivity index (χ3n) is 5.77. The second kappa shape index (κ2) is 7.71. The minimum atomic E-state index is -1.63. The zero-order valence-corrected chi connectivity index (χ0v) is 19.3. The Morgan fingerprint density at radius 2 is 1.19 bits per heavy atom. The smallest absolute Gasteiger partial charge is 0.159 e. The first kappa shape index (κ1) is 19.6. The molecule has 0 spiro atoms. The third kappa shape index (κ3) is 3.64. The van der Waals surface area contributed by atoms with Crippen LogP contribution in [0.1, 0.15) is 0 Å². The van der Waals surface area contributed by atoms with Crippen LogP contribution in [-0.2, 0) is 0 Å². The topological polar surface area (TPSA) is 19.4 Å².